The molecule has 43 heavy (non-hydrogen) atoms. The molecule has 0 amide bonds. The molecule has 1 aliphatic carbocycles. The summed E-state index contributed by atoms with van der Waals surface area (Å²) in [5.41, 5.74) is 13.6. The molecule has 1 aliphatic rings. The largest absolute Gasteiger partial charge is 0.456 e. The Morgan fingerprint density at radius 1 is 0.465 bits per heavy atom. The molecule has 1 aromatic heterocycles. The van der Waals surface area contributed by atoms with Gasteiger partial charge < -0.3 is 4.42 Å². The van der Waals surface area contributed by atoms with Crippen molar-refractivity contribution in [3.63, 3.8) is 0 Å². The zero-order valence-electron chi connectivity index (χ0n) is 24.5. The number of aryl methyl sites for hydroxylation is 1. The number of hydrogen-bond donors (Lipinski definition) is 0. The summed E-state index contributed by atoms with van der Waals surface area (Å²) < 4.78 is 6.34. The first-order chi connectivity index (χ1) is 21.0. The average molecular weight is 551 g/mol. The molecule has 9 rings (SSSR count). The Kier molecular flexibility index (Phi) is 4.94. The van der Waals surface area contributed by atoms with E-state index >= 15 is 0 Å². The van der Waals surface area contributed by atoms with Crippen LogP contribution in [0.5, 0.6) is 0 Å². The van der Waals surface area contributed by atoms with Crippen molar-refractivity contribution in [2.24, 2.45) is 0 Å². The first-order valence-electron chi connectivity index (χ1n) is 15.1. The van der Waals surface area contributed by atoms with E-state index in [9.17, 15) is 0 Å². The molecule has 1 heteroatoms. The molecule has 8 aromatic rings. The maximum absolute atomic E-state index is 6.34. The van der Waals surface area contributed by atoms with E-state index in [1.807, 2.05) is 6.07 Å². The highest BCUT2D eigenvalue weighted by molar-refractivity contribution is 6.25. The molecule has 0 fully saturated rings. The SMILES string of the molecule is Cc1ccc2c(-c3cccc4oc5ccccc5c34)c3ccccc3c(-c3ccc4c(c3)-c3ccccc3C4(C)C)c2c1. The van der Waals surface area contributed by atoms with Gasteiger partial charge in [0.2, 0.25) is 0 Å². The first kappa shape index (κ1) is 24.5. The van der Waals surface area contributed by atoms with Gasteiger partial charge in [-0.15, -0.1) is 0 Å². The van der Waals surface area contributed by atoms with Crippen LogP contribution < -0.4 is 0 Å². The smallest absolute Gasteiger partial charge is 0.136 e. The molecule has 0 unspecified atom stereocenters. The maximum atomic E-state index is 6.34. The summed E-state index contributed by atoms with van der Waals surface area (Å²) in [6, 6.07) is 46.8. The number of rotatable bonds is 2. The Bertz CT molecular complexity index is 2440. The zero-order chi connectivity index (χ0) is 28.9. The van der Waals surface area contributed by atoms with Crippen molar-refractivity contribution in [1.82, 2.24) is 0 Å². The monoisotopic (exact) mass is 550 g/mol. The lowest BCUT2D eigenvalue weighted by Crippen LogP contribution is -2.14. The first-order valence-corrected chi connectivity index (χ1v) is 15.1. The molecule has 1 heterocycles. The van der Waals surface area contributed by atoms with Gasteiger partial charge in [0.15, 0.2) is 0 Å². The second-order valence-electron chi connectivity index (χ2n) is 12.6. The molecule has 0 aliphatic heterocycles. The Morgan fingerprint density at radius 3 is 1.98 bits per heavy atom. The van der Waals surface area contributed by atoms with Gasteiger partial charge in [-0.1, -0.05) is 129 Å². The van der Waals surface area contributed by atoms with Crippen LogP contribution in [-0.4, -0.2) is 0 Å². The second kappa shape index (κ2) is 8.69. The molecule has 0 radical (unpaired) electrons. The lowest BCUT2D eigenvalue weighted by atomic mass is 9.81. The predicted molar refractivity (Wildman–Crippen MR) is 182 cm³/mol. The van der Waals surface area contributed by atoms with Gasteiger partial charge in [-0.3, -0.25) is 0 Å². The van der Waals surface area contributed by atoms with Crippen molar-refractivity contribution < 1.29 is 4.42 Å². The van der Waals surface area contributed by atoms with Gasteiger partial charge in [0.25, 0.3) is 0 Å². The van der Waals surface area contributed by atoms with Crippen molar-refractivity contribution in [2.75, 3.05) is 0 Å². The van der Waals surface area contributed by atoms with Crippen molar-refractivity contribution in [1.29, 1.82) is 0 Å². The van der Waals surface area contributed by atoms with Gasteiger partial charge in [-0.25, -0.2) is 0 Å². The predicted octanol–water partition coefficient (Wildman–Crippen LogP) is 11.8. The third-order valence-electron chi connectivity index (χ3n) is 9.72. The minimum absolute atomic E-state index is 0.0128. The van der Waals surface area contributed by atoms with E-state index in [1.54, 1.807) is 0 Å². The summed E-state index contributed by atoms with van der Waals surface area (Å²) in [4.78, 5) is 0. The maximum Gasteiger partial charge on any atom is 0.136 e. The molecule has 0 N–H and O–H groups in total. The molecular weight excluding hydrogens is 520 g/mol. The van der Waals surface area contributed by atoms with E-state index in [4.69, 9.17) is 4.42 Å². The summed E-state index contributed by atoms with van der Waals surface area (Å²) in [5, 5.41) is 7.40. The van der Waals surface area contributed by atoms with E-state index in [0.717, 1.165) is 16.6 Å². The van der Waals surface area contributed by atoms with Gasteiger partial charge in [-0.2, -0.15) is 0 Å². The molecule has 0 saturated carbocycles. The molecular formula is C42H30O. The van der Waals surface area contributed by atoms with E-state index in [1.165, 1.54) is 77.0 Å². The van der Waals surface area contributed by atoms with Crippen LogP contribution in [-0.2, 0) is 5.41 Å². The molecule has 7 aromatic carbocycles. The van der Waals surface area contributed by atoms with Gasteiger partial charge >= 0.3 is 0 Å². The van der Waals surface area contributed by atoms with Crippen molar-refractivity contribution in [3.8, 4) is 33.4 Å². The highest BCUT2D eigenvalue weighted by Gasteiger charge is 2.35. The van der Waals surface area contributed by atoms with Gasteiger partial charge in [0, 0.05) is 16.2 Å². The Labute approximate surface area is 251 Å². The third-order valence-corrected chi connectivity index (χ3v) is 9.72. The van der Waals surface area contributed by atoms with Crippen LogP contribution in [0.1, 0.15) is 30.5 Å². The molecule has 0 bridgehead atoms. The lowest BCUT2D eigenvalue weighted by molar-refractivity contribution is 0.660. The van der Waals surface area contributed by atoms with Gasteiger partial charge in [0.1, 0.15) is 11.2 Å². The molecule has 204 valence electrons. The third kappa shape index (κ3) is 3.34. The van der Waals surface area contributed by atoms with E-state index < -0.39 is 0 Å². The Balaban J connectivity index is 1.41. The number of hydrogen-bond acceptors (Lipinski definition) is 1. The highest BCUT2D eigenvalue weighted by Crippen LogP contribution is 2.52. The number of furan rings is 1. The fraction of sp³-hybridized carbons (Fsp3) is 0.0952. The Hall–Kier alpha value is -5.14. The second-order valence-corrected chi connectivity index (χ2v) is 12.6. The summed E-state index contributed by atoms with van der Waals surface area (Å²) in [6.07, 6.45) is 0. The van der Waals surface area contributed by atoms with Crippen LogP contribution in [0.4, 0.5) is 0 Å². The van der Waals surface area contributed by atoms with Crippen LogP contribution in [0.3, 0.4) is 0 Å². The number of para-hydroxylation sites is 1. The quantitative estimate of drug-likeness (QED) is 0.195. The molecule has 0 saturated heterocycles. The summed E-state index contributed by atoms with van der Waals surface area (Å²) in [7, 11) is 0. The molecule has 1 nitrogen and oxygen atoms in total. The zero-order valence-corrected chi connectivity index (χ0v) is 24.5. The fourth-order valence-corrected chi connectivity index (χ4v) is 7.75. The summed E-state index contributed by atoms with van der Waals surface area (Å²) >= 11 is 0. The lowest BCUT2D eigenvalue weighted by Gasteiger charge is -2.22. The Morgan fingerprint density at radius 2 is 1.12 bits per heavy atom. The van der Waals surface area contributed by atoms with Crippen molar-refractivity contribution in [2.45, 2.75) is 26.2 Å². The topological polar surface area (TPSA) is 13.1 Å². The van der Waals surface area contributed by atoms with Crippen LogP contribution >= 0.6 is 0 Å². The highest BCUT2D eigenvalue weighted by atomic mass is 16.3. The van der Waals surface area contributed by atoms with Crippen LogP contribution in [0.25, 0.3) is 76.9 Å². The average Bonchev–Trinajstić information content (AvgIpc) is 3.52. The van der Waals surface area contributed by atoms with E-state index in [2.05, 4.69) is 142 Å². The number of fused-ring (bicyclic) bond motifs is 8. The number of benzene rings is 7. The standard InChI is InChI=1S/C42H30O/c1-25-19-21-30-34(23-25)39(26-20-22-36-33(24-26)27-11-6-8-16-35(27)42(36,2)3)28-12-4-5-13-29(28)40(30)32-15-10-18-38-41(32)31-14-7-9-17-37(31)43-38/h4-24H,1-3H3. The van der Waals surface area contributed by atoms with Crippen LogP contribution in [0.15, 0.2) is 132 Å². The van der Waals surface area contributed by atoms with Crippen molar-refractivity contribution in [3.05, 3.63) is 144 Å². The normalized spacial score (nSPS) is 13.7. The fourth-order valence-electron chi connectivity index (χ4n) is 7.75. The van der Waals surface area contributed by atoms with Gasteiger partial charge in [-0.05, 0) is 91.2 Å². The minimum atomic E-state index is -0.0128. The van der Waals surface area contributed by atoms with Crippen LogP contribution in [0, 0.1) is 6.92 Å². The van der Waals surface area contributed by atoms with Crippen molar-refractivity contribution >= 4 is 43.5 Å². The summed E-state index contributed by atoms with van der Waals surface area (Å²) in [6.45, 7) is 6.89. The minimum Gasteiger partial charge on any atom is -0.456 e. The van der Waals surface area contributed by atoms with E-state index in [0.29, 0.717) is 0 Å². The summed E-state index contributed by atoms with van der Waals surface area (Å²) in [5.74, 6) is 0. The van der Waals surface area contributed by atoms with Crippen LogP contribution in [0.2, 0.25) is 0 Å². The molecule has 0 spiro atoms. The molecule has 0 atom stereocenters. The van der Waals surface area contributed by atoms with E-state index in [-0.39, 0.29) is 5.41 Å². The van der Waals surface area contributed by atoms with Gasteiger partial charge in [0.05, 0.1) is 0 Å².